The maximum absolute atomic E-state index is 12.0. The summed E-state index contributed by atoms with van der Waals surface area (Å²) in [7, 11) is 0. The lowest BCUT2D eigenvalue weighted by Crippen LogP contribution is -2.21. The van der Waals surface area contributed by atoms with Gasteiger partial charge < -0.3 is 5.32 Å². The molecule has 0 aliphatic carbocycles. The van der Waals surface area contributed by atoms with Crippen LogP contribution in [-0.4, -0.2) is 22.2 Å². The molecule has 0 spiro atoms. The quantitative estimate of drug-likeness (QED) is 0.526. The molecular formula is C16H12N4O3S. The van der Waals surface area contributed by atoms with Crippen molar-refractivity contribution in [3.63, 3.8) is 0 Å². The minimum atomic E-state index is -0.471. The summed E-state index contributed by atoms with van der Waals surface area (Å²) < 4.78 is 0. The first-order chi connectivity index (χ1) is 11.6. The number of non-ortho nitro benzene ring substituents is 1. The molecule has 1 atom stereocenters. The molecule has 0 unspecified atom stereocenters. The van der Waals surface area contributed by atoms with E-state index in [2.05, 4.69) is 15.5 Å². The second-order valence-electron chi connectivity index (χ2n) is 4.90. The fraction of sp³-hybridized carbons (Fsp3) is 0.0625. The molecule has 1 heterocycles. The SMILES string of the molecule is O=C1N/C(=N/N=C\c2cccc([N+](=O)[O-])c2)S[C@H]1c1ccccc1. The monoisotopic (exact) mass is 340 g/mol. The largest absolute Gasteiger partial charge is 0.302 e. The molecule has 1 saturated heterocycles. The normalized spacial score (nSPS) is 18.9. The van der Waals surface area contributed by atoms with Crippen LogP contribution in [0.1, 0.15) is 16.4 Å². The van der Waals surface area contributed by atoms with Crippen molar-refractivity contribution in [2.75, 3.05) is 0 Å². The molecule has 1 aliphatic heterocycles. The molecule has 0 aromatic heterocycles. The van der Waals surface area contributed by atoms with Crippen LogP contribution in [0.2, 0.25) is 0 Å². The van der Waals surface area contributed by atoms with Gasteiger partial charge in [-0.25, -0.2) is 0 Å². The molecule has 2 aromatic carbocycles. The van der Waals surface area contributed by atoms with Crippen molar-refractivity contribution < 1.29 is 9.72 Å². The van der Waals surface area contributed by atoms with Crippen molar-refractivity contribution in [2.24, 2.45) is 10.2 Å². The van der Waals surface area contributed by atoms with Crippen molar-refractivity contribution in [1.82, 2.24) is 5.32 Å². The molecule has 7 nitrogen and oxygen atoms in total. The Labute approximate surface area is 141 Å². The smallest absolute Gasteiger partial charge is 0.270 e. The van der Waals surface area contributed by atoms with Gasteiger partial charge in [0.2, 0.25) is 5.91 Å². The van der Waals surface area contributed by atoms with Crippen LogP contribution in [0.3, 0.4) is 0 Å². The van der Waals surface area contributed by atoms with Gasteiger partial charge in [0.25, 0.3) is 5.69 Å². The zero-order valence-corrected chi connectivity index (χ0v) is 13.1. The molecule has 0 bridgehead atoms. The third kappa shape index (κ3) is 3.66. The van der Waals surface area contributed by atoms with Gasteiger partial charge in [0.05, 0.1) is 11.1 Å². The Morgan fingerprint density at radius 2 is 1.96 bits per heavy atom. The Kier molecular flexibility index (Phi) is 4.66. The van der Waals surface area contributed by atoms with Gasteiger partial charge in [-0.05, 0) is 5.56 Å². The molecule has 0 radical (unpaired) electrons. The summed E-state index contributed by atoms with van der Waals surface area (Å²) in [5.41, 5.74) is 1.44. The highest BCUT2D eigenvalue weighted by Crippen LogP contribution is 2.34. The van der Waals surface area contributed by atoms with E-state index >= 15 is 0 Å². The number of amidine groups is 1. The molecule has 3 rings (SSSR count). The Hall–Kier alpha value is -3.00. The maximum atomic E-state index is 12.0. The Bertz CT molecular complexity index is 836. The van der Waals surface area contributed by atoms with Gasteiger partial charge in [-0.1, -0.05) is 54.2 Å². The second-order valence-corrected chi connectivity index (χ2v) is 5.99. The number of nitrogens with zero attached hydrogens (tertiary/aromatic N) is 3. The molecule has 1 amide bonds. The van der Waals surface area contributed by atoms with E-state index in [0.29, 0.717) is 10.7 Å². The first-order valence-corrected chi connectivity index (χ1v) is 7.89. The van der Waals surface area contributed by atoms with Gasteiger partial charge in [-0.3, -0.25) is 14.9 Å². The highest BCUT2D eigenvalue weighted by molar-refractivity contribution is 8.15. The van der Waals surface area contributed by atoms with Crippen LogP contribution in [0.4, 0.5) is 5.69 Å². The van der Waals surface area contributed by atoms with Crippen molar-refractivity contribution >= 4 is 34.7 Å². The number of benzene rings is 2. The number of nitrogens with one attached hydrogen (secondary N) is 1. The molecule has 24 heavy (non-hydrogen) atoms. The van der Waals surface area contributed by atoms with Crippen LogP contribution in [0, 0.1) is 10.1 Å². The van der Waals surface area contributed by atoms with E-state index < -0.39 is 4.92 Å². The van der Waals surface area contributed by atoms with E-state index in [1.807, 2.05) is 30.3 Å². The highest BCUT2D eigenvalue weighted by Gasteiger charge is 2.31. The van der Waals surface area contributed by atoms with E-state index in [1.54, 1.807) is 12.1 Å². The summed E-state index contributed by atoms with van der Waals surface area (Å²) in [5.74, 6) is -0.143. The lowest BCUT2D eigenvalue weighted by Gasteiger charge is -2.03. The van der Waals surface area contributed by atoms with Crippen LogP contribution in [0.15, 0.2) is 64.8 Å². The molecule has 1 aliphatic rings. The average Bonchev–Trinajstić information content (AvgIpc) is 2.96. The average molecular weight is 340 g/mol. The van der Waals surface area contributed by atoms with Gasteiger partial charge in [0.1, 0.15) is 5.25 Å². The molecule has 1 N–H and O–H groups in total. The fourth-order valence-electron chi connectivity index (χ4n) is 2.13. The predicted molar refractivity (Wildman–Crippen MR) is 93.0 cm³/mol. The summed E-state index contributed by atoms with van der Waals surface area (Å²) in [6.45, 7) is 0. The van der Waals surface area contributed by atoms with Crippen LogP contribution in [-0.2, 0) is 4.79 Å². The molecule has 8 heteroatoms. The van der Waals surface area contributed by atoms with Crippen LogP contribution in [0.25, 0.3) is 0 Å². The number of carbonyl (C=O) groups excluding carboxylic acids is 1. The minimum absolute atomic E-state index is 0.0145. The number of hydrogen-bond acceptors (Lipinski definition) is 6. The predicted octanol–water partition coefficient (Wildman–Crippen LogP) is 2.89. The number of amides is 1. The van der Waals surface area contributed by atoms with Gasteiger partial charge in [-0.2, -0.15) is 5.10 Å². The van der Waals surface area contributed by atoms with E-state index in [4.69, 9.17) is 0 Å². The van der Waals surface area contributed by atoms with Crippen LogP contribution >= 0.6 is 11.8 Å². The van der Waals surface area contributed by atoms with E-state index in [9.17, 15) is 14.9 Å². The first-order valence-electron chi connectivity index (χ1n) is 7.01. The number of rotatable bonds is 4. The number of carbonyl (C=O) groups is 1. The summed E-state index contributed by atoms with van der Waals surface area (Å²) in [6.07, 6.45) is 1.41. The molecule has 2 aromatic rings. The maximum Gasteiger partial charge on any atom is 0.270 e. The zero-order valence-electron chi connectivity index (χ0n) is 12.3. The second kappa shape index (κ2) is 7.05. The topological polar surface area (TPSA) is 97.0 Å². The zero-order chi connectivity index (χ0) is 16.9. The Morgan fingerprint density at radius 1 is 1.17 bits per heavy atom. The summed E-state index contributed by atoms with van der Waals surface area (Å²) in [5, 5.41) is 21.3. The standard InChI is InChI=1S/C16H12N4O3S/c21-15-14(12-6-2-1-3-7-12)24-16(18-15)19-17-10-11-5-4-8-13(9-11)20(22)23/h1-10,14H,(H,18,19,21)/b17-10-/t14-/m0/s1. The van der Waals surface area contributed by atoms with Crippen LogP contribution < -0.4 is 5.32 Å². The van der Waals surface area contributed by atoms with E-state index in [0.717, 1.165) is 5.56 Å². The minimum Gasteiger partial charge on any atom is -0.302 e. The molecule has 1 fully saturated rings. The van der Waals surface area contributed by atoms with Crippen molar-refractivity contribution in [3.05, 3.63) is 75.8 Å². The third-order valence-corrected chi connectivity index (χ3v) is 4.37. The van der Waals surface area contributed by atoms with Crippen molar-refractivity contribution in [1.29, 1.82) is 0 Å². The lowest BCUT2D eigenvalue weighted by atomic mass is 10.1. The van der Waals surface area contributed by atoms with E-state index in [1.165, 1.54) is 30.1 Å². The number of thioether (sulfide) groups is 1. The summed E-state index contributed by atoms with van der Waals surface area (Å²) in [6, 6.07) is 15.5. The summed E-state index contributed by atoms with van der Waals surface area (Å²) >= 11 is 1.28. The van der Waals surface area contributed by atoms with Gasteiger partial charge >= 0.3 is 0 Å². The molecule has 120 valence electrons. The van der Waals surface area contributed by atoms with E-state index in [-0.39, 0.29) is 16.8 Å². The summed E-state index contributed by atoms with van der Waals surface area (Å²) in [4.78, 5) is 22.3. The van der Waals surface area contributed by atoms with Gasteiger partial charge in [-0.15, -0.1) is 5.10 Å². The van der Waals surface area contributed by atoms with Crippen molar-refractivity contribution in [3.8, 4) is 0 Å². The lowest BCUT2D eigenvalue weighted by molar-refractivity contribution is -0.384. The Morgan fingerprint density at radius 3 is 2.71 bits per heavy atom. The fourth-order valence-corrected chi connectivity index (χ4v) is 3.06. The Balaban J connectivity index is 1.71. The molecule has 0 saturated carbocycles. The van der Waals surface area contributed by atoms with Crippen LogP contribution in [0.5, 0.6) is 0 Å². The first kappa shape index (κ1) is 15.9. The van der Waals surface area contributed by atoms with Crippen molar-refractivity contribution in [2.45, 2.75) is 5.25 Å². The number of hydrogen-bond donors (Lipinski definition) is 1. The highest BCUT2D eigenvalue weighted by atomic mass is 32.2. The number of nitro benzene ring substituents is 1. The third-order valence-electron chi connectivity index (χ3n) is 3.24. The number of nitro groups is 1. The molecular weight excluding hydrogens is 328 g/mol. The van der Waals surface area contributed by atoms with Gasteiger partial charge in [0.15, 0.2) is 5.17 Å². The van der Waals surface area contributed by atoms with Gasteiger partial charge in [0, 0.05) is 17.7 Å².